The standard InChI is InChI=1S/C18H22N2O3/c1-4-23-17-10-5-14(11-18(17)22-3)12-19-15-6-8-16(9-7-15)20-13(2)21/h5-11,19H,4,12H2,1-3H3,(H,20,21). The van der Waals surface area contributed by atoms with Crippen LogP contribution in [-0.2, 0) is 11.3 Å². The molecule has 0 fully saturated rings. The molecule has 122 valence electrons. The molecule has 2 rings (SSSR count). The molecule has 5 heteroatoms. The largest absolute Gasteiger partial charge is 0.493 e. The molecule has 0 aromatic heterocycles. The van der Waals surface area contributed by atoms with E-state index in [1.54, 1.807) is 7.11 Å². The molecule has 0 atom stereocenters. The molecule has 0 heterocycles. The van der Waals surface area contributed by atoms with Crippen LogP contribution in [0.1, 0.15) is 19.4 Å². The minimum Gasteiger partial charge on any atom is -0.493 e. The molecule has 0 aliphatic carbocycles. The van der Waals surface area contributed by atoms with Gasteiger partial charge in [0.05, 0.1) is 13.7 Å². The molecule has 0 aliphatic rings. The van der Waals surface area contributed by atoms with Gasteiger partial charge in [0, 0.05) is 24.8 Å². The lowest BCUT2D eigenvalue weighted by atomic mass is 10.2. The van der Waals surface area contributed by atoms with Crippen LogP contribution in [0.15, 0.2) is 42.5 Å². The van der Waals surface area contributed by atoms with E-state index in [0.717, 1.165) is 28.4 Å². The number of carbonyl (C=O) groups excluding carboxylic acids is 1. The fourth-order valence-corrected chi connectivity index (χ4v) is 2.18. The molecule has 0 radical (unpaired) electrons. The third-order valence-electron chi connectivity index (χ3n) is 3.23. The lowest BCUT2D eigenvalue weighted by Crippen LogP contribution is -2.06. The van der Waals surface area contributed by atoms with Crippen LogP contribution in [0, 0.1) is 0 Å². The lowest BCUT2D eigenvalue weighted by molar-refractivity contribution is -0.114. The Morgan fingerprint density at radius 2 is 1.74 bits per heavy atom. The smallest absolute Gasteiger partial charge is 0.221 e. The summed E-state index contributed by atoms with van der Waals surface area (Å²) in [6.07, 6.45) is 0. The van der Waals surface area contributed by atoms with Gasteiger partial charge in [0.2, 0.25) is 5.91 Å². The molecule has 0 saturated carbocycles. The molecule has 0 aliphatic heterocycles. The summed E-state index contributed by atoms with van der Waals surface area (Å²) in [6, 6.07) is 13.5. The number of nitrogens with one attached hydrogen (secondary N) is 2. The number of anilines is 2. The van der Waals surface area contributed by atoms with E-state index in [0.29, 0.717) is 13.2 Å². The fourth-order valence-electron chi connectivity index (χ4n) is 2.18. The zero-order valence-electron chi connectivity index (χ0n) is 13.7. The van der Waals surface area contributed by atoms with E-state index in [1.165, 1.54) is 6.92 Å². The van der Waals surface area contributed by atoms with Gasteiger partial charge in [-0.2, -0.15) is 0 Å². The van der Waals surface area contributed by atoms with Gasteiger partial charge in [-0.1, -0.05) is 6.07 Å². The number of hydrogen-bond acceptors (Lipinski definition) is 4. The van der Waals surface area contributed by atoms with Gasteiger partial charge >= 0.3 is 0 Å². The maximum absolute atomic E-state index is 11.0. The first-order valence-electron chi connectivity index (χ1n) is 7.53. The lowest BCUT2D eigenvalue weighted by Gasteiger charge is -2.12. The number of amides is 1. The number of benzene rings is 2. The number of rotatable bonds is 7. The first-order valence-corrected chi connectivity index (χ1v) is 7.53. The van der Waals surface area contributed by atoms with Crippen LogP contribution >= 0.6 is 0 Å². The van der Waals surface area contributed by atoms with Gasteiger partial charge in [0.1, 0.15) is 0 Å². The summed E-state index contributed by atoms with van der Waals surface area (Å²) in [7, 11) is 1.63. The predicted molar refractivity (Wildman–Crippen MR) is 92.2 cm³/mol. The van der Waals surface area contributed by atoms with Crippen LogP contribution in [0.5, 0.6) is 11.5 Å². The zero-order chi connectivity index (χ0) is 16.7. The molecule has 2 N–H and O–H groups in total. The highest BCUT2D eigenvalue weighted by molar-refractivity contribution is 5.88. The Morgan fingerprint density at radius 1 is 1.04 bits per heavy atom. The molecule has 2 aromatic carbocycles. The minimum atomic E-state index is -0.0767. The van der Waals surface area contributed by atoms with Crippen molar-refractivity contribution in [1.29, 1.82) is 0 Å². The van der Waals surface area contributed by atoms with Crippen molar-refractivity contribution >= 4 is 17.3 Å². The second-order valence-electron chi connectivity index (χ2n) is 5.03. The van der Waals surface area contributed by atoms with Crippen molar-refractivity contribution in [2.24, 2.45) is 0 Å². The van der Waals surface area contributed by atoms with Crippen LogP contribution in [0.4, 0.5) is 11.4 Å². The van der Waals surface area contributed by atoms with Gasteiger partial charge < -0.3 is 20.1 Å². The summed E-state index contributed by atoms with van der Waals surface area (Å²) in [6.45, 7) is 4.71. The van der Waals surface area contributed by atoms with Crippen LogP contribution in [0.2, 0.25) is 0 Å². The normalized spacial score (nSPS) is 10.0. The van der Waals surface area contributed by atoms with Gasteiger partial charge in [-0.15, -0.1) is 0 Å². The van der Waals surface area contributed by atoms with Crippen molar-refractivity contribution in [3.05, 3.63) is 48.0 Å². The molecule has 0 bridgehead atoms. The van der Waals surface area contributed by atoms with E-state index >= 15 is 0 Å². The molecule has 0 unspecified atom stereocenters. The monoisotopic (exact) mass is 314 g/mol. The maximum atomic E-state index is 11.0. The molecular formula is C18H22N2O3. The molecule has 0 spiro atoms. The topological polar surface area (TPSA) is 59.6 Å². The summed E-state index contributed by atoms with van der Waals surface area (Å²) in [5.74, 6) is 1.40. The average molecular weight is 314 g/mol. The number of methoxy groups -OCH3 is 1. The summed E-state index contributed by atoms with van der Waals surface area (Å²) in [4.78, 5) is 11.0. The van der Waals surface area contributed by atoms with E-state index in [1.807, 2.05) is 49.4 Å². The molecule has 5 nitrogen and oxygen atoms in total. The predicted octanol–water partition coefficient (Wildman–Crippen LogP) is 3.66. The Morgan fingerprint density at radius 3 is 2.35 bits per heavy atom. The van der Waals surface area contributed by atoms with E-state index in [9.17, 15) is 4.79 Å². The summed E-state index contributed by atoms with van der Waals surface area (Å²) in [5.41, 5.74) is 2.86. The van der Waals surface area contributed by atoms with E-state index in [-0.39, 0.29) is 5.91 Å². The van der Waals surface area contributed by atoms with Gasteiger partial charge in [0.25, 0.3) is 0 Å². The Balaban J connectivity index is 1.98. The summed E-state index contributed by atoms with van der Waals surface area (Å²) in [5, 5.41) is 6.08. The van der Waals surface area contributed by atoms with Crippen molar-refractivity contribution in [1.82, 2.24) is 0 Å². The maximum Gasteiger partial charge on any atom is 0.221 e. The number of ether oxygens (including phenoxy) is 2. The minimum absolute atomic E-state index is 0.0767. The fraction of sp³-hybridized carbons (Fsp3) is 0.278. The first kappa shape index (κ1) is 16.7. The van der Waals surface area contributed by atoms with Crippen LogP contribution in [0.25, 0.3) is 0 Å². The van der Waals surface area contributed by atoms with E-state index in [2.05, 4.69) is 10.6 Å². The Kier molecular flexibility index (Phi) is 5.86. The van der Waals surface area contributed by atoms with Crippen LogP contribution < -0.4 is 20.1 Å². The molecule has 0 saturated heterocycles. The van der Waals surface area contributed by atoms with Crippen molar-refractivity contribution in [2.45, 2.75) is 20.4 Å². The SMILES string of the molecule is CCOc1ccc(CNc2ccc(NC(C)=O)cc2)cc1OC. The van der Waals surface area contributed by atoms with E-state index < -0.39 is 0 Å². The average Bonchev–Trinajstić information content (AvgIpc) is 2.55. The van der Waals surface area contributed by atoms with Crippen LogP contribution in [-0.4, -0.2) is 19.6 Å². The summed E-state index contributed by atoms with van der Waals surface area (Å²) >= 11 is 0. The molecule has 1 amide bonds. The molecule has 23 heavy (non-hydrogen) atoms. The van der Waals surface area contributed by atoms with Crippen molar-refractivity contribution < 1.29 is 14.3 Å². The quantitative estimate of drug-likeness (QED) is 0.819. The third kappa shape index (κ3) is 4.92. The van der Waals surface area contributed by atoms with Gasteiger partial charge in [-0.3, -0.25) is 4.79 Å². The van der Waals surface area contributed by atoms with Gasteiger partial charge in [-0.25, -0.2) is 0 Å². The highest BCUT2D eigenvalue weighted by Gasteiger charge is 2.05. The first-order chi connectivity index (χ1) is 11.1. The zero-order valence-corrected chi connectivity index (χ0v) is 13.7. The van der Waals surface area contributed by atoms with Crippen molar-refractivity contribution in [2.75, 3.05) is 24.4 Å². The number of carbonyl (C=O) groups is 1. The Labute approximate surface area is 136 Å². The summed E-state index contributed by atoms with van der Waals surface area (Å²) < 4.78 is 10.9. The second kappa shape index (κ2) is 8.08. The van der Waals surface area contributed by atoms with Crippen molar-refractivity contribution in [3.63, 3.8) is 0 Å². The van der Waals surface area contributed by atoms with Crippen molar-refractivity contribution in [3.8, 4) is 11.5 Å². The van der Waals surface area contributed by atoms with Crippen LogP contribution in [0.3, 0.4) is 0 Å². The highest BCUT2D eigenvalue weighted by atomic mass is 16.5. The van der Waals surface area contributed by atoms with Gasteiger partial charge in [0.15, 0.2) is 11.5 Å². The Hall–Kier alpha value is -2.69. The molecule has 2 aromatic rings. The second-order valence-corrected chi connectivity index (χ2v) is 5.03. The number of hydrogen-bond donors (Lipinski definition) is 2. The van der Waals surface area contributed by atoms with Gasteiger partial charge in [-0.05, 0) is 48.9 Å². The third-order valence-corrected chi connectivity index (χ3v) is 3.23. The highest BCUT2D eigenvalue weighted by Crippen LogP contribution is 2.28. The molecular weight excluding hydrogens is 292 g/mol. The Bertz CT molecular complexity index is 654. The van der Waals surface area contributed by atoms with E-state index in [4.69, 9.17) is 9.47 Å².